The first-order valence-corrected chi connectivity index (χ1v) is 7.65. The van der Waals surface area contributed by atoms with Gasteiger partial charge in [-0.2, -0.15) is 0 Å². The first kappa shape index (κ1) is 22.6. The molecular weight excluding hydrogens is 268 g/mol. The zero-order chi connectivity index (χ0) is 17.3. The molecule has 0 radical (unpaired) electrons. The molecule has 0 spiro atoms. The Kier molecular flexibility index (Phi) is 10.9. The zero-order valence-electron chi connectivity index (χ0n) is 15.1. The van der Waals surface area contributed by atoms with Crippen molar-refractivity contribution < 1.29 is 15.0 Å². The van der Waals surface area contributed by atoms with Gasteiger partial charge in [0, 0.05) is 11.1 Å². The average Bonchev–Trinajstić information content (AvgIpc) is 2.09. The van der Waals surface area contributed by atoms with Crippen molar-refractivity contribution in [3.63, 3.8) is 0 Å². The maximum absolute atomic E-state index is 11.0. The van der Waals surface area contributed by atoms with Crippen LogP contribution in [-0.4, -0.2) is 46.0 Å². The Labute approximate surface area is 130 Å². The lowest BCUT2D eigenvalue weighted by Gasteiger charge is -2.20. The molecular formula is C16H36N2O3. The minimum Gasteiger partial charge on any atom is -0.393 e. The fourth-order valence-corrected chi connectivity index (χ4v) is 1.39. The predicted molar refractivity (Wildman–Crippen MR) is 88.2 cm³/mol. The van der Waals surface area contributed by atoms with Gasteiger partial charge >= 0.3 is 0 Å². The van der Waals surface area contributed by atoms with Gasteiger partial charge in [-0.1, -0.05) is 0 Å². The molecule has 0 fully saturated rings. The lowest BCUT2D eigenvalue weighted by molar-refractivity contribution is -0.124. The van der Waals surface area contributed by atoms with E-state index in [1.54, 1.807) is 6.92 Å². The van der Waals surface area contributed by atoms with Gasteiger partial charge in [0.2, 0.25) is 5.91 Å². The average molecular weight is 304 g/mol. The molecule has 0 aromatic heterocycles. The van der Waals surface area contributed by atoms with Crippen LogP contribution in [0.1, 0.15) is 68.2 Å². The molecule has 0 saturated carbocycles. The Hall–Kier alpha value is -0.650. The van der Waals surface area contributed by atoms with Crippen molar-refractivity contribution in [1.82, 2.24) is 10.6 Å². The monoisotopic (exact) mass is 304 g/mol. The van der Waals surface area contributed by atoms with Gasteiger partial charge < -0.3 is 20.8 Å². The molecule has 0 aliphatic rings. The van der Waals surface area contributed by atoms with Gasteiger partial charge in [-0.25, -0.2) is 0 Å². The second-order valence-electron chi connectivity index (χ2n) is 7.67. The highest BCUT2D eigenvalue weighted by Crippen LogP contribution is 2.00. The molecule has 21 heavy (non-hydrogen) atoms. The number of aliphatic hydroxyl groups excluding tert-OH is 2. The molecule has 0 unspecified atom stereocenters. The molecule has 0 bridgehead atoms. The maximum atomic E-state index is 11.0. The van der Waals surface area contributed by atoms with E-state index < -0.39 is 6.10 Å². The number of rotatable bonds is 5. The molecule has 128 valence electrons. The number of carbonyl (C=O) groups is 1. The number of amides is 1. The van der Waals surface area contributed by atoms with Gasteiger partial charge in [0.25, 0.3) is 0 Å². The van der Waals surface area contributed by atoms with Crippen LogP contribution < -0.4 is 10.6 Å². The summed E-state index contributed by atoms with van der Waals surface area (Å²) in [6.45, 7) is 16.4. The fraction of sp³-hybridized carbons (Fsp3) is 0.938. The molecule has 0 heterocycles. The van der Waals surface area contributed by atoms with Crippen molar-refractivity contribution in [3.8, 4) is 0 Å². The second kappa shape index (κ2) is 10.1. The van der Waals surface area contributed by atoms with E-state index in [0.717, 1.165) is 13.0 Å². The SMILES string of the molecule is C[C@@H](O)CC(=O)NC(C)(C)C.C[C@@H](O)CCNC(C)(C)C. The Morgan fingerprint density at radius 3 is 1.71 bits per heavy atom. The van der Waals surface area contributed by atoms with Crippen LogP contribution in [-0.2, 0) is 4.79 Å². The minimum atomic E-state index is -0.558. The molecule has 4 N–H and O–H groups in total. The summed E-state index contributed by atoms with van der Waals surface area (Å²) in [5.74, 6) is -0.104. The van der Waals surface area contributed by atoms with Gasteiger partial charge in [0.15, 0.2) is 0 Å². The summed E-state index contributed by atoms with van der Waals surface area (Å²) < 4.78 is 0. The molecule has 2 atom stereocenters. The van der Waals surface area contributed by atoms with E-state index in [4.69, 9.17) is 10.2 Å². The Morgan fingerprint density at radius 1 is 0.952 bits per heavy atom. The lowest BCUT2D eigenvalue weighted by atomic mass is 10.1. The van der Waals surface area contributed by atoms with E-state index in [-0.39, 0.29) is 29.5 Å². The highest BCUT2D eigenvalue weighted by Gasteiger charge is 2.14. The van der Waals surface area contributed by atoms with Crippen molar-refractivity contribution in [3.05, 3.63) is 0 Å². The van der Waals surface area contributed by atoms with Crippen LogP contribution in [0.15, 0.2) is 0 Å². The number of hydrogen-bond donors (Lipinski definition) is 4. The summed E-state index contributed by atoms with van der Waals surface area (Å²) in [6, 6.07) is 0. The van der Waals surface area contributed by atoms with Crippen LogP contribution in [0.25, 0.3) is 0 Å². The van der Waals surface area contributed by atoms with Crippen LogP contribution in [0.4, 0.5) is 0 Å². The number of hydrogen-bond acceptors (Lipinski definition) is 4. The van der Waals surface area contributed by atoms with Crippen molar-refractivity contribution in [2.45, 2.75) is 91.5 Å². The van der Waals surface area contributed by atoms with Crippen LogP contribution in [0.5, 0.6) is 0 Å². The summed E-state index contributed by atoms with van der Waals surface area (Å²) in [5.41, 5.74) is -0.0269. The summed E-state index contributed by atoms with van der Waals surface area (Å²) in [4.78, 5) is 11.0. The van der Waals surface area contributed by atoms with Crippen molar-refractivity contribution in [2.75, 3.05) is 6.54 Å². The summed E-state index contributed by atoms with van der Waals surface area (Å²) in [5, 5.41) is 23.8. The van der Waals surface area contributed by atoms with E-state index >= 15 is 0 Å². The van der Waals surface area contributed by atoms with Gasteiger partial charge in [0.05, 0.1) is 18.6 Å². The third-order valence-electron chi connectivity index (χ3n) is 2.21. The van der Waals surface area contributed by atoms with Crippen LogP contribution in [0, 0.1) is 0 Å². The molecule has 0 aliphatic heterocycles. The molecule has 0 rings (SSSR count). The quantitative estimate of drug-likeness (QED) is 0.624. The smallest absolute Gasteiger partial charge is 0.222 e. The normalized spacial score (nSPS) is 14.8. The summed E-state index contributed by atoms with van der Waals surface area (Å²) in [6.07, 6.45) is 0.265. The van der Waals surface area contributed by atoms with Gasteiger partial charge in [-0.3, -0.25) is 4.79 Å². The van der Waals surface area contributed by atoms with Crippen molar-refractivity contribution in [1.29, 1.82) is 0 Å². The van der Waals surface area contributed by atoms with Gasteiger partial charge in [-0.05, 0) is 68.4 Å². The Balaban J connectivity index is 0. The third-order valence-corrected chi connectivity index (χ3v) is 2.21. The topological polar surface area (TPSA) is 81.6 Å². The Bertz CT molecular complexity index is 276. The van der Waals surface area contributed by atoms with E-state index in [2.05, 4.69) is 31.4 Å². The number of nitrogens with one attached hydrogen (secondary N) is 2. The first-order chi connectivity index (χ1) is 9.23. The third kappa shape index (κ3) is 24.7. The van der Waals surface area contributed by atoms with Crippen LogP contribution in [0.3, 0.4) is 0 Å². The van der Waals surface area contributed by atoms with Crippen molar-refractivity contribution in [2.24, 2.45) is 0 Å². The minimum absolute atomic E-state index is 0.104. The molecule has 5 nitrogen and oxygen atoms in total. The standard InChI is InChI=1S/C8H17NO2.C8H19NO/c1-6(10)5-7(11)9-8(2,3)4;1-7(10)5-6-9-8(2,3)4/h6,10H,5H2,1-4H3,(H,9,11);7,9-10H,5-6H2,1-4H3/t6-;7-/m11/s1. The molecule has 0 saturated heterocycles. The highest BCUT2D eigenvalue weighted by molar-refractivity contribution is 5.77. The highest BCUT2D eigenvalue weighted by atomic mass is 16.3. The van der Waals surface area contributed by atoms with Crippen molar-refractivity contribution >= 4 is 5.91 Å². The van der Waals surface area contributed by atoms with Gasteiger partial charge in [0.1, 0.15) is 0 Å². The molecule has 0 aliphatic carbocycles. The number of aliphatic hydroxyl groups is 2. The van der Waals surface area contributed by atoms with E-state index in [1.807, 2.05) is 27.7 Å². The summed E-state index contributed by atoms with van der Waals surface area (Å²) >= 11 is 0. The van der Waals surface area contributed by atoms with E-state index in [9.17, 15) is 4.79 Å². The predicted octanol–water partition coefficient (Wildman–Crippen LogP) is 1.82. The summed E-state index contributed by atoms with van der Waals surface area (Å²) in [7, 11) is 0. The molecule has 0 aromatic rings. The fourth-order valence-electron chi connectivity index (χ4n) is 1.39. The van der Waals surface area contributed by atoms with Crippen LogP contribution >= 0.6 is 0 Å². The molecule has 1 amide bonds. The Morgan fingerprint density at radius 2 is 1.43 bits per heavy atom. The molecule has 0 aromatic carbocycles. The zero-order valence-corrected chi connectivity index (χ0v) is 15.1. The molecule has 5 heteroatoms. The second-order valence-corrected chi connectivity index (χ2v) is 7.67. The van der Waals surface area contributed by atoms with Gasteiger partial charge in [-0.15, -0.1) is 0 Å². The number of carbonyl (C=O) groups excluding carboxylic acids is 1. The maximum Gasteiger partial charge on any atom is 0.222 e. The van der Waals surface area contributed by atoms with Crippen LogP contribution in [0.2, 0.25) is 0 Å². The van der Waals surface area contributed by atoms with E-state index in [1.165, 1.54) is 0 Å². The lowest BCUT2D eigenvalue weighted by Crippen LogP contribution is -2.41. The van der Waals surface area contributed by atoms with E-state index in [0.29, 0.717) is 0 Å². The largest absolute Gasteiger partial charge is 0.393 e. The first-order valence-electron chi connectivity index (χ1n) is 7.65.